The quantitative estimate of drug-likeness (QED) is 0.595. The molecule has 0 aliphatic heterocycles. The Morgan fingerprint density at radius 3 is 1.54 bits per heavy atom. The van der Waals surface area contributed by atoms with Crippen LogP contribution in [0.5, 0.6) is 0 Å². The molecule has 0 bridgehead atoms. The van der Waals surface area contributed by atoms with E-state index in [2.05, 4.69) is 5.14 Å². The minimum atomic E-state index is -4.21. The first-order chi connectivity index (χ1) is 5.41. The van der Waals surface area contributed by atoms with Gasteiger partial charge in [-0.1, -0.05) is 0 Å². The smallest absolute Gasteiger partial charge is 0.223 e. The highest BCUT2D eigenvalue weighted by atomic mass is 32.3. The van der Waals surface area contributed by atoms with E-state index in [1.807, 2.05) is 0 Å². The van der Waals surface area contributed by atoms with E-state index in [0.717, 1.165) is 0 Å². The third-order valence-corrected chi connectivity index (χ3v) is 6.64. The maximum Gasteiger partial charge on any atom is 0.223 e. The fraction of sp³-hybridized carbons (Fsp3) is 1.00. The predicted octanol–water partition coefficient (Wildman–Crippen LogP) is -2.35. The van der Waals surface area contributed by atoms with Gasteiger partial charge in [0.15, 0.2) is 29.8 Å². The highest BCUT2D eigenvalue weighted by molar-refractivity contribution is 8.14. The van der Waals surface area contributed by atoms with E-state index in [-0.39, 0.29) is 0 Å². The van der Waals surface area contributed by atoms with Crippen LogP contribution in [0, 0.1) is 0 Å². The van der Waals surface area contributed by atoms with Crippen LogP contribution >= 0.6 is 0 Å². The molecule has 7 nitrogen and oxygen atoms in total. The van der Waals surface area contributed by atoms with Crippen LogP contribution in [-0.4, -0.2) is 41.7 Å². The van der Waals surface area contributed by atoms with E-state index < -0.39 is 39.9 Å². The molecular formula is C3H9NO6S3. The van der Waals surface area contributed by atoms with Gasteiger partial charge in [-0.25, -0.2) is 30.4 Å². The summed E-state index contributed by atoms with van der Waals surface area (Å²) < 4.78 is 63.4. The highest BCUT2D eigenvalue weighted by Gasteiger charge is 2.23. The van der Waals surface area contributed by atoms with Gasteiger partial charge in [0.25, 0.3) is 0 Å². The van der Waals surface area contributed by atoms with E-state index in [9.17, 15) is 25.3 Å². The molecule has 0 saturated carbocycles. The van der Waals surface area contributed by atoms with Gasteiger partial charge in [0.1, 0.15) is 0 Å². The lowest BCUT2D eigenvalue weighted by Gasteiger charge is -1.99. The summed E-state index contributed by atoms with van der Waals surface area (Å²) in [6.45, 7) is 0. The fourth-order valence-electron chi connectivity index (χ4n) is 0.610. The number of hydrogen-bond donors (Lipinski definition) is 1. The Bertz CT molecular complexity index is 427. The number of sulfonamides is 1. The minimum Gasteiger partial charge on any atom is -0.228 e. The molecule has 0 aliphatic carbocycles. The van der Waals surface area contributed by atoms with Crippen LogP contribution in [0.1, 0.15) is 0 Å². The molecule has 0 rings (SSSR count). The van der Waals surface area contributed by atoms with Crippen LogP contribution in [0.25, 0.3) is 0 Å². The van der Waals surface area contributed by atoms with E-state index >= 15 is 0 Å². The molecule has 0 heterocycles. The molecule has 80 valence electrons. The molecule has 13 heavy (non-hydrogen) atoms. The number of hydrogen-bond acceptors (Lipinski definition) is 6. The fourth-order valence-corrected chi connectivity index (χ4v) is 6.11. The first-order valence-corrected chi connectivity index (χ1v) is 8.40. The molecular weight excluding hydrogens is 242 g/mol. The van der Waals surface area contributed by atoms with Gasteiger partial charge in [0.05, 0.1) is 0 Å². The Morgan fingerprint density at radius 1 is 0.923 bits per heavy atom. The van der Waals surface area contributed by atoms with Crippen molar-refractivity contribution >= 4 is 29.7 Å². The first kappa shape index (κ1) is 12.8. The van der Waals surface area contributed by atoms with Gasteiger partial charge in [-0.3, -0.25) is 0 Å². The van der Waals surface area contributed by atoms with Crippen LogP contribution in [0.2, 0.25) is 0 Å². The number of rotatable bonds is 4. The summed E-state index contributed by atoms with van der Waals surface area (Å²) in [4.78, 5) is 0. The summed E-state index contributed by atoms with van der Waals surface area (Å²) in [5.74, 6) is 0. The average molecular weight is 251 g/mol. The van der Waals surface area contributed by atoms with E-state index in [0.29, 0.717) is 6.26 Å². The third-order valence-electron chi connectivity index (χ3n) is 0.737. The van der Waals surface area contributed by atoms with E-state index in [1.54, 1.807) is 0 Å². The zero-order valence-corrected chi connectivity index (χ0v) is 9.12. The predicted molar refractivity (Wildman–Crippen MR) is 46.6 cm³/mol. The van der Waals surface area contributed by atoms with E-state index in [4.69, 9.17) is 0 Å². The minimum absolute atomic E-state index is 0.688. The van der Waals surface area contributed by atoms with Crippen molar-refractivity contribution < 1.29 is 25.3 Å². The van der Waals surface area contributed by atoms with Crippen LogP contribution in [-0.2, 0) is 29.7 Å². The van der Waals surface area contributed by atoms with Crippen molar-refractivity contribution in [2.24, 2.45) is 5.14 Å². The number of primary sulfonamides is 1. The van der Waals surface area contributed by atoms with Crippen molar-refractivity contribution in [3.05, 3.63) is 0 Å². The Kier molecular flexibility index (Phi) is 3.47. The Morgan fingerprint density at radius 2 is 1.31 bits per heavy atom. The second kappa shape index (κ2) is 3.52. The molecule has 0 aromatic rings. The standard InChI is InChI=1S/C3H9NO6S3/c1-11(5,6)2-12(7,8)3-13(4,9)10/h2-3H2,1H3,(H2,4,9,10). The lowest BCUT2D eigenvalue weighted by Crippen LogP contribution is -2.27. The van der Waals surface area contributed by atoms with Gasteiger partial charge < -0.3 is 0 Å². The summed E-state index contributed by atoms with van der Waals surface area (Å²) in [6, 6.07) is 0. The topological polar surface area (TPSA) is 128 Å². The van der Waals surface area contributed by atoms with Crippen LogP contribution < -0.4 is 5.14 Å². The summed E-state index contributed by atoms with van der Waals surface area (Å²) in [5, 5.41) is 1.87. The maximum atomic E-state index is 10.8. The molecule has 0 aromatic carbocycles. The van der Waals surface area contributed by atoms with Crippen LogP contribution in [0.15, 0.2) is 0 Å². The Balaban J connectivity index is 4.86. The highest BCUT2D eigenvalue weighted by Crippen LogP contribution is 1.98. The van der Waals surface area contributed by atoms with E-state index in [1.165, 1.54) is 0 Å². The maximum absolute atomic E-state index is 10.8. The molecule has 0 fully saturated rings. The molecule has 0 radical (unpaired) electrons. The van der Waals surface area contributed by atoms with Crippen LogP contribution in [0.3, 0.4) is 0 Å². The normalized spacial score (nSPS) is 14.3. The van der Waals surface area contributed by atoms with Crippen molar-refractivity contribution in [3.8, 4) is 0 Å². The van der Waals surface area contributed by atoms with Gasteiger partial charge in [0.2, 0.25) is 10.0 Å². The monoisotopic (exact) mass is 251 g/mol. The Hall–Kier alpha value is -0.190. The van der Waals surface area contributed by atoms with Crippen molar-refractivity contribution in [3.63, 3.8) is 0 Å². The van der Waals surface area contributed by atoms with Gasteiger partial charge in [-0.15, -0.1) is 0 Å². The lowest BCUT2D eigenvalue weighted by molar-refractivity contribution is 0.589. The van der Waals surface area contributed by atoms with Gasteiger partial charge >= 0.3 is 0 Å². The van der Waals surface area contributed by atoms with Crippen molar-refractivity contribution in [1.29, 1.82) is 0 Å². The molecule has 10 heteroatoms. The summed E-state index contributed by atoms with van der Waals surface area (Å²) in [6.07, 6.45) is 0.688. The molecule has 0 aromatic heterocycles. The number of sulfone groups is 2. The van der Waals surface area contributed by atoms with Crippen LogP contribution in [0.4, 0.5) is 0 Å². The molecule has 0 spiro atoms. The Labute approximate surface area is 76.8 Å². The molecule has 0 amide bonds. The second-order valence-corrected chi connectivity index (χ2v) is 9.12. The summed E-state index contributed by atoms with van der Waals surface area (Å²) in [7, 11) is -12.2. The van der Waals surface area contributed by atoms with Gasteiger partial charge in [0, 0.05) is 6.26 Å². The average Bonchev–Trinajstić information content (AvgIpc) is 1.43. The first-order valence-electron chi connectivity index (χ1n) is 2.80. The molecule has 0 atom stereocenters. The van der Waals surface area contributed by atoms with Gasteiger partial charge in [-0.05, 0) is 0 Å². The summed E-state index contributed by atoms with van der Waals surface area (Å²) in [5.41, 5.74) is 0. The third kappa shape index (κ3) is 8.15. The molecule has 0 saturated heterocycles. The zero-order chi connectivity index (χ0) is 10.9. The largest absolute Gasteiger partial charge is 0.228 e. The molecule has 2 N–H and O–H groups in total. The zero-order valence-electron chi connectivity index (χ0n) is 6.67. The van der Waals surface area contributed by atoms with Crippen molar-refractivity contribution in [2.45, 2.75) is 0 Å². The van der Waals surface area contributed by atoms with Crippen molar-refractivity contribution in [2.75, 3.05) is 16.4 Å². The molecule has 0 aliphatic rings. The lowest BCUT2D eigenvalue weighted by atomic mass is 11.8. The van der Waals surface area contributed by atoms with Gasteiger partial charge in [-0.2, -0.15) is 0 Å². The second-order valence-electron chi connectivity index (χ2n) is 2.57. The number of nitrogens with two attached hydrogens (primary N) is 1. The molecule has 0 unspecified atom stereocenters. The van der Waals surface area contributed by atoms with Crippen molar-refractivity contribution in [1.82, 2.24) is 0 Å². The SMILES string of the molecule is CS(=O)(=O)CS(=O)(=O)CS(N)(=O)=O. The summed E-state index contributed by atoms with van der Waals surface area (Å²) >= 11 is 0.